The second-order valence-electron chi connectivity index (χ2n) is 7.83. The van der Waals surface area contributed by atoms with Crippen molar-refractivity contribution in [3.63, 3.8) is 0 Å². The van der Waals surface area contributed by atoms with Crippen molar-refractivity contribution in [1.82, 2.24) is 5.43 Å². The lowest BCUT2D eigenvalue weighted by Crippen LogP contribution is -2.24. The van der Waals surface area contributed by atoms with Crippen LogP contribution in [0.25, 0.3) is 11.1 Å². The van der Waals surface area contributed by atoms with Crippen molar-refractivity contribution in [3.05, 3.63) is 83.7 Å². The molecule has 1 N–H and O–H groups in total. The molecule has 1 amide bonds. The van der Waals surface area contributed by atoms with Crippen LogP contribution in [0.1, 0.15) is 24.0 Å². The smallest absolute Gasteiger partial charge is 0.277 e. The van der Waals surface area contributed by atoms with E-state index in [4.69, 9.17) is 4.74 Å². The van der Waals surface area contributed by atoms with Gasteiger partial charge < -0.3 is 9.64 Å². The van der Waals surface area contributed by atoms with Crippen LogP contribution in [0.3, 0.4) is 0 Å². The zero-order chi connectivity index (χ0) is 22.3. The summed E-state index contributed by atoms with van der Waals surface area (Å²) in [7, 11) is 0. The van der Waals surface area contributed by atoms with E-state index in [1.807, 2.05) is 67.6 Å². The molecule has 1 aliphatic rings. The van der Waals surface area contributed by atoms with Crippen LogP contribution < -0.4 is 15.1 Å². The fourth-order valence-electron chi connectivity index (χ4n) is 3.75. The minimum Gasteiger partial charge on any atom is -0.484 e. The second kappa shape index (κ2) is 10.1. The normalized spacial score (nSPS) is 13.5. The van der Waals surface area contributed by atoms with E-state index in [1.165, 1.54) is 12.3 Å². The Kier molecular flexibility index (Phi) is 6.80. The number of anilines is 1. The number of nitrogens with one attached hydrogen (secondary N) is 1. The van der Waals surface area contributed by atoms with Gasteiger partial charge in [-0.2, -0.15) is 5.10 Å². The average molecular weight is 432 g/mol. The molecule has 6 heteroatoms. The predicted molar refractivity (Wildman–Crippen MR) is 126 cm³/mol. The monoisotopic (exact) mass is 431 g/mol. The number of carbonyl (C=O) groups is 1. The van der Waals surface area contributed by atoms with Crippen LogP contribution in [-0.2, 0) is 4.79 Å². The van der Waals surface area contributed by atoms with E-state index in [0.29, 0.717) is 17.0 Å². The average Bonchev–Trinajstić information content (AvgIpc) is 3.35. The van der Waals surface area contributed by atoms with Gasteiger partial charge in [0.15, 0.2) is 6.61 Å². The van der Waals surface area contributed by atoms with Crippen molar-refractivity contribution in [3.8, 4) is 16.9 Å². The lowest BCUT2D eigenvalue weighted by Gasteiger charge is -2.19. The van der Waals surface area contributed by atoms with Gasteiger partial charge in [-0.15, -0.1) is 0 Å². The van der Waals surface area contributed by atoms with Gasteiger partial charge in [0, 0.05) is 18.7 Å². The van der Waals surface area contributed by atoms with Gasteiger partial charge in [0.25, 0.3) is 5.91 Å². The molecule has 0 bridgehead atoms. The summed E-state index contributed by atoms with van der Waals surface area (Å²) >= 11 is 0. The van der Waals surface area contributed by atoms with Gasteiger partial charge in [-0.1, -0.05) is 42.5 Å². The van der Waals surface area contributed by atoms with Crippen LogP contribution in [0.2, 0.25) is 0 Å². The Morgan fingerprint density at radius 1 is 1.06 bits per heavy atom. The van der Waals surface area contributed by atoms with Crippen molar-refractivity contribution in [1.29, 1.82) is 0 Å². The number of carbonyl (C=O) groups excluding carboxylic acids is 1. The first-order valence-electron chi connectivity index (χ1n) is 10.8. The largest absolute Gasteiger partial charge is 0.484 e. The highest BCUT2D eigenvalue weighted by Crippen LogP contribution is 2.26. The topological polar surface area (TPSA) is 53.9 Å². The van der Waals surface area contributed by atoms with Crippen molar-refractivity contribution < 1.29 is 13.9 Å². The summed E-state index contributed by atoms with van der Waals surface area (Å²) in [5.74, 6) is -0.0630. The van der Waals surface area contributed by atoms with E-state index < -0.39 is 0 Å². The fourth-order valence-corrected chi connectivity index (χ4v) is 3.75. The molecule has 0 aromatic heterocycles. The van der Waals surface area contributed by atoms with Gasteiger partial charge in [0.2, 0.25) is 0 Å². The predicted octanol–water partition coefficient (Wildman–Crippen LogP) is 4.93. The molecule has 1 heterocycles. The Balaban J connectivity index is 1.29. The molecule has 1 aliphatic heterocycles. The molecule has 0 unspecified atom stereocenters. The summed E-state index contributed by atoms with van der Waals surface area (Å²) in [5, 5.41) is 3.95. The van der Waals surface area contributed by atoms with E-state index in [2.05, 4.69) is 15.4 Å². The first-order chi connectivity index (χ1) is 15.6. The van der Waals surface area contributed by atoms with E-state index in [1.54, 1.807) is 0 Å². The molecule has 1 saturated heterocycles. The number of benzene rings is 3. The Bertz CT molecular complexity index is 1090. The highest BCUT2D eigenvalue weighted by molar-refractivity contribution is 5.85. The molecule has 0 aliphatic carbocycles. The summed E-state index contributed by atoms with van der Waals surface area (Å²) in [6, 6.07) is 20.9. The number of rotatable bonds is 7. The summed E-state index contributed by atoms with van der Waals surface area (Å²) in [4.78, 5) is 14.1. The molecule has 3 aromatic rings. The number of ether oxygens (including phenoxy) is 1. The van der Waals surface area contributed by atoms with Gasteiger partial charge in [-0.05, 0) is 60.7 Å². The standard InChI is InChI=1S/C26H26FN3O2/c1-19-15-25(30-13-5-6-14-30)24(27)16-22(19)17-28-29-26(31)18-32-23-11-9-21(10-12-23)20-7-3-2-4-8-20/h2-4,7-12,15-17H,5-6,13-14,18H2,1H3,(H,29,31). The molecular weight excluding hydrogens is 405 g/mol. The molecule has 0 radical (unpaired) electrons. The highest BCUT2D eigenvalue weighted by Gasteiger charge is 2.17. The summed E-state index contributed by atoms with van der Waals surface area (Å²) < 4.78 is 20.0. The van der Waals surface area contributed by atoms with Crippen LogP contribution in [0.4, 0.5) is 10.1 Å². The first-order valence-corrected chi connectivity index (χ1v) is 10.8. The van der Waals surface area contributed by atoms with Gasteiger partial charge >= 0.3 is 0 Å². The lowest BCUT2D eigenvalue weighted by molar-refractivity contribution is -0.123. The number of hydrazone groups is 1. The number of hydrogen-bond donors (Lipinski definition) is 1. The van der Waals surface area contributed by atoms with Crippen molar-refractivity contribution in [2.24, 2.45) is 5.10 Å². The fraction of sp³-hybridized carbons (Fsp3) is 0.231. The number of hydrogen-bond acceptors (Lipinski definition) is 4. The quantitative estimate of drug-likeness (QED) is 0.426. The number of halogens is 1. The molecule has 3 aromatic carbocycles. The van der Waals surface area contributed by atoms with Crippen LogP contribution in [0.15, 0.2) is 71.8 Å². The van der Waals surface area contributed by atoms with Gasteiger partial charge in [0.1, 0.15) is 11.6 Å². The van der Waals surface area contributed by atoms with Crippen LogP contribution in [-0.4, -0.2) is 31.8 Å². The lowest BCUT2D eigenvalue weighted by atomic mass is 10.1. The molecule has 32 heavy (non-hydrogen) atoms. The van der Waals surface area contributed by atoms with Crippen LogP contribution in [0.5, 0.6) is 5.75 Å². The van der Waals surface area contributed by atoms with Crippen LogP contribution in [0, 0.1) is 12.7 Å². The number of nitrogens with zero attached hydrogens (tertiary/aromatic N) is 2. The molecular formula is C26H26FN3O2. The van der Waals surface area contributed by atoms with E-state index in [9.17, 15) is 9.18 Å². The number of amides is 1. The maximum Gasteiger partial charge on any atom is 0.277 e. The summed E-state index contributed by atoms with van der Waals surface area (Å²) in [6.07, 6.45) is 3.64. The van der Waals surface area contributed by atoms with Crippen molar-refractivity contribution >= 4 is 17.8 Å². The zero-order valence-electron chi connectivity index (χ0n) is 18.1. The van der Waals surface area contributed by atoms with Gasteiger partial charge in [0.05, 0.1) is 11.9 Å². The Morgan fingerprint density at radius 2 is 1.75 bits per heavy atom. The molecule has 5 nitrogen and oxygen atoms in total. The Labute approximate surface area is 187 Å². The minimum atomic E-state index is -0.389. The SMILES string of the molecule is Cc1cc(N2CCCC2)c(F)cc1C=NNC(=O)COc1ccc(-c2ccccc2)cc1. The second-order valence-corrected chi connectivity index (χ2v) is 7.83. The van der Waals surface area contributed by atoms with E-state index >= 15 is 0 Å². The van der Waals surface area contributed by atoms with Gasteiger partial charge in [-0.25, -0.2) is 9.82 Å². The number of aryl methyl sites for hydroxylation is 1. The van der Waals surface area contributed by atoms with Crippen LogP contribution >= 0.6 is 0 Å². The summed E-state index contributed by atoms with van der Waals surface area (Å²) in [6.45, 7) is 3.51. The minimum absolute atomic E-state index is 0.163. The van der Waals surface area contributed by atoms with Crippen molar-refractivity contribution in [2.45, 2.75) is 19.8 Å². The third-order valence-electron chi connectivity index (χ3n) is 5.51. The Hall–Kier alpha value is -3.67. The maximum atomic E-state index is 14.5. The molecule has 0 saturated carbocycles. The molecule has 0 spiro atoms. The summed E-state index contributed by atoms with van der Waals surface area (Å²) in [5.41, 5.74) is 6.78. The zero-order valence-corrected chi connectivity index (χ0v) is 18.1. The first kappa shape index (κ1) is 21.6. The highest BCUT2D eigenvalue weighted by atomic mass is 19.1. The van der Waals surface area contributed by atoms with Crippen molar-refractivity contribution in [2.75, 3.05) is 24.6 Å². The van der Waals surface area contributed by atoms with E-state index in [0.717, 1.165) is 42.6 Å². The third-order valence-corrected chi connectivity index (χ3v) is 5.51. The molecule has 0 atom stereocenters. The Morgan fingerprint density at radius 3 is 2.47 bits per heavy atom. The van der Waals surface area contributed by atoms with E-state index in [-0.39, 0.29) is 18.3 Å². The maximum absolute atomic E-state index is 14.5. The molecule has 4 rings (SSSR count). The van der Waals surface area contributed by atoms with Gasteiger partial charge in [-0.3, -0.25) is 4.79 Å². The molecule has 164 valence electrons. The molecule has 1 fully saturated rings. The third kappa shape index (κ3) is 5.32.